The number of aliphatic hydroxyl groups is 1. The molecule has 0 bridgehead atoms. The summed E-state index contributed by atoms with van der Waals surface area (Å²) in [5.41, 5.74) is 1.16. The molecule has 1 fully saturated rings. The van der Waals surface area contributed by atoms with Crippen LogP contribution in [0.3, 0.4) is 0 Å². The molecule has 19 heavy (non-hydrogen) atoms. The minimum atomic E-state index is 0.200. The van der Waals surface area contributed by atoms with Crippen LogP contribution in [0.5, 0.6) is 0 Å². The van der Waals surface area contributed by atoms with Crippen LogP contribution in [0, 0.1) is 0 Å². The van der Waals surface area contributed by atoms with E-state index in [1.807, 2.05) is 23.1 Å². The Kier molecular flexibility index (Phi) is 5.21. The van der Waals surface area contributed by atoms with E-state index in [1.165, 1.54) is 0 Å². The highest BCUT2D eigenvalue weighted by Crippen LogP contribution is 2.15. The lowest BCUT2D eigenvalue weighted by atomic mass is 10.2. The van der Waals surface area contributed by atoms with Gasteiger partial charge in [-0.1, -0.05) is 18.2 Å². The number of nitrogens with zero attached hydrogens (tertiary/aromatic N) is 2. The molecular formula is C15H22N2O2. The van der Waals surface area contributed by atoms with E-state index in [9.17, 15) is 4.79 Å². The van der Waals surface area contributed by atoms with Gasteiger partial charge in [0.25, 0.3) is 0 Å². The molecule has 4 heteroatoms. The van der Waals surface area contributed by atoms with Crippen molar-refractivity contribution in [3.05, 3.63) is 30.3 Å². The zero-order valence-electron chi connectivity index (χ0n) is 11.3. The van der Waals surface area contributed by atoms with Crippen molar-refractivity contribution in [1.82, 2.24) is 4.90 Å². The van der Waals surface area contributed by atoms with Crippen molar-refractivity contribution in [3.63, 3.8) is 0 Å². The molecule has 104 valence electrons. The zero-order valence-corrected chi connectivity index (χ0v) is 11.3. The summed E-state index contributed by atoms with van der Waals surface area (Å²) in [5, 5.41) is 8.99. The second kappa shape index (κ2) is 7.14. The van der Waals surface area contributed by atoms with Gasteiger partial charge in [-0.25, -0.2) is 0 Å². The Morgan fingerprint density at radius 2 is 2.00 bits per heavy atom. The molecule has 0 aliphatic carbocycles. The second-order valence-electron chi connectivity index (χ2n) is 4.88. The topological polar surface area (TPSA) is 43.8 Å². The fourth-order valence-electron chi connectivity index (χ4n) is 2.45. The van der Waals surface area contributed by atoms with E-state index in [4.69, 9.17) is 5.11 Å². The second-order valence-corrected chi connectivity index (χ2v) is 4.88. The van der Waals surface area contributed by atoms with Gasteiger partial charge in [-0.05, 0) is 25.0 Å². The van der Waals surface area contributed by atoms with Gasteiger partial charge in [0.05, 0.1) is 0 Å². The standard InChI is InChI=1S/C15H22N2O2/c18-13-5-10-16(14-6-2-1-3-7-14)11-12-17-9-4-8-15(17)19/h1-3,6-7,18H,4-5,8-13H2. The number of carbonyl (C=O) groups is 1. The van der Waals surface area contributed by atoms with Gasteiger partial charge in [0.2, 0.25) is 5.91 Å². The van der Waals surface area contributed by atoms with Crippen LogP contribution in [-0.4, -0.2) is 48.7 Å². The van der Waals surface area contributed by atoms with Crippen LogP contribution in [0.25, 0.3) is 0 Å². The Morgan fingerprint density at radius 3 is 2.63 bits per heavy atom. The Bertz CT molecular complexity index is 394. The van der Waals surface area contributed by atoms with Crippen molar-refractivity contribution in [2.45, 2.75) is 19.3 Å². The average molecular weight is 262 g/mol. The lowest BCUT2D eigenvalue weighted by molar-refractivity contribution is -0.127. The maximum Gasteiger partial charge on any atom is 0.222 e. The SMILES string of the molecule is O=C1CCCN1CCN(CCCO)c1ccccc1. The zero-order chi connectivity index (χ0) is 13.5. The first-order valence-corrected chi connectivity index (χ1v) is 7.00. The van der Waals surface area contributed by atoms with E-state index in [2.05, 4.69) is 17.0 Å². The number of hydrogen-bond donors (Lipinski definition) is 1. The molecule has 0 atom stereocenters. The molecule has 1 N–H and O–H groups in total. The lowest BCUT2D eigenvalue weighted by Crippen LogP contribution is -2.36. The fraction of sp³-hybridized carbons (Fsp3) is 0.533. The van der Waals surface area contributed by atoms with E-state index in [0.29, 0.717) is 6.42 Å². The van der Waals surface area contributed by atoms with Gasteiger partial charge in [-0.15, -0.1) is 0 Å². The van der Waals surface area contributed by atoms with Gasteiger partial charge in [-0.2, -0.15) is 0 Å². The molecule has 0 unspecified atom stereocenters. The summed E-state index contributed by atoms with van der Waals surface area (Å²) in [4.78, 5) is 15.8. The summed E-state index contributed by atoms with van der Waals surface area (Å²) < 4.78 is 0. The Hall–Kier alpha value is -1.55. The predicted octanol–water partition coefficient (Wildman–Crippen LogP) is 1.50. The number of para-hydroxylation sites is 1. The maximum absolute atomic E-state index is 11.6. The summed E-state index contributed by atoms with van der Waals surface area (Å²) in [7, 11) is 0. The number of benzene rings is 1. The molecule has 0 spiro atoms. The van der Waals surface area contributed by atoms with E-state index >= 15 is 0 Å². The molecule has 1 aliphatic heterocycles. The fourth-order valence-corrected chi connectivity index (χ4v) is 2.45. The number of likely N-dealkylation sites (tertiary alicyclic amines) is 1. The van der Waals surface area contributed by atoms with E-state index < -0.39 is 0 Å². The molecule has 0 saturated carbocycles. The molecule has 1 aliphatic rings. The molecule has 0 aromatic heterocycles. The molecule has 1 aromatic rings. The van der Waals surface area contributed by atoms with Gasteiger partial charge < -0.3 is 14.9 Å². The van der Waals surface area contributed by atoms with Crippen molar-refractivity contribution in [2.24, 2.45) is 0 Å². The highest BCUT2D eigenvalue weighted by atomic mass is 16.3. The summed E-state index contributed by atoms with van der Waals surface area (Å²) in [6, 6.07) is 10.2. The van der Waals surface area contributed by atoms with E-state index in [0.717, 1.165) is 44.7 Å². The molecule has 1 aromatic carbocycles. The molecule has 4 nitrogen and oxygen atoms in total. The Labute approximate surface area is 114 Å². The van der Waals surface area contributed by atoms with Crippen molar-refractivity contribution in [1.29, 1.82) is 0 Å². The summed E-state index contributed by atoms with van der Waals surface area (Å²) in [6.45, 7) is 3.52. The van der Waals surface area contributed by atoms with Gasteiger partial charge in [0.15, 0.2) is 0 Å². The molecule has 2 rings (SSSR count). The normalized spacial score (nSPS) is 15.0. The Morgan fingerprint density at radius 1 is 1.21 bits per heavy atom. The molecule has 0 radical (unpaired) electrons. The number of amides is 1. The third kappa shape index (κ3) is 3.96. The van der Waals surface area contributed by atoms with Gasteiger partial charge in [0.1, 0.15) is 0 Å². The van der Waals surface area contributed by atoms with Crippen LogP contribution in [-0.2, 0) is 4.79 Å². The van der Waals surface area contributed by atoms with Gasteiger partial charge in [-0.3, -0.25) is 4.79 Å². The molecular weight excluding hydrogens is 240 g/mol. The molecule has 1 saturated heterocycles. The maximum atomic E-state index is 11.6. The van der Waals surface area contributed by atoms with Crippen LogP contribution in [0.2, 0.25) is 0 Å². The van der Waals surface area contributed by atoms with Gasteiger partial charge in [0, 0.05) is 44.9 Å². The number of aliphatic hydroxyl groups excluding tert-OH is 1. The minimum absolute atomic E-state index is 0.200. The third-order valence-corrected chi connectivity index (χ3v) is 3.52. The summed E-state index contributed by atoms with van der Waals surface area (Å²) in [5.74, 6) is 0.273. The largest absolute Gasteiger partial charge is 0.396 e. The first-order chi connectivity index (χ1) is 9.31. The predicted molar refractivity (Wildman–Crippen MR) is 76.2 cm³/mol. The highest BCUT2D eigenvalue weighted by molar-refractivity contribution is 5.78. The van der Waals surface area contributed by atoms with Crippen molar-refractivity contribution < 1.29 is 9.90 Å². The number of rotatable bonds is 7. The quantitative estimate of drug-likeness (QED) is 0.810. The minimum Gasteiger partial charge on any atom is -0.396 e. The first kappa shape index (κ1) is 13.9. The molecule has 1 heterocycles. The van der Waals surface area contributed by atoms with Crippen molar-refractivity contribution in [3.8, 4) is 0 Å². The van der Waals surface area contributed by atoms with Crippen LogP contribution < -0.4 is 4.90 Å². The highest BCUT2D eigenvalue weighted by Gasteiger charge is 2.20. The third-order valence-electron chi connectivity index (χ3n) is 3.52. The lowest BCUT2D eigenvalue weighted by Gasteiger charge is -2.27. The smallest absolute Gasteiger partial charge is 0.222 e. The average Bonchev–Trinajstić information content (AvgIpc) is 2.85. The van der Waals surface area contributed by atoms with Crippen LogP contribution >= 0.6 is 0 Å². The first-order valence-electron chi connectivity index (χ1n) is 7.00. The number of anilines is 1. The monoisotopic (exact) mass is 262 g/mol. The summed E-state index contributed by atoms with van der Waals surface area (Å²) >= 11 is 0. The van der Waals surface area contributed by atoms with Crippen LogP contribution in [0.1, 0.15) is 19.3 Å². The van der Waals surface area contributed by atoms with Crippen LogP contribution in [0.4, 0.5) is 5.69 Å². The van der Waals surface area contributed by atoms with Crippen LogP contribution in [0.15, 0.2) is 30.3 Å². The van der Waals surface area contributed by atoms with Crippen molar-refractivity contribution >= 4 is 11.6 Å². The van der Waals surface area contributed by atoms with Crippen molar-refractivity contribution in [2.75, 3.05) is 37.7 Å². The van der Waals surface area contributed by atoms with Gasteiger partial charge >= 0.3 is 0 Å². The van der Waals surface area contributed by atoms with E-state index in [1.54, 1.807) is 0 Å². The molecule has 1 amide bonds. The number of carbonyl (C=O) groups excluding carboxylic acids is 1. The van der Waals surface area contributed by atoms with E-state index in [-0.39, 0.29) is 12.5 Å². The summed E-state index contributed by atoms with van der Waals surface area (Å²) in [6.07, 6.45) is 2.44. The Balaban J connectivity index is 1.92. The number of hydrogen-bond acceptors (Lipinski definition) is 3.